The van der Waals surface area contributed by atoms with Crippen LogP contribution in [-0.4, -0.2) is 39.7 Å². The van der Waals surface area contributed by atoms with Crippen LogP contribution >= 0.6 is 11.6 Å². The van der Waals surface area contributed by atoms with E-state index in [4.69, 9.17) is 16.7 Å². The average Bonchev–Trinajstić information content (AvgIpc) is 2.43. The number of fused-ring (bicyclic) bond motifs is 1. The van der Waals surface area contributed by atoms with Crippen LogP contribution in [0.2, 0.25) is 0 Å². The van der Waals surface area contributed by atoms with Crippen molar-refractivity contribution in [3.05, 3.63) is 36.0 Å². The summed E-state index contributed by atoms with van der Waals surface area (Å²) in [6, 6.07) is 8.62. The van der Waals surface area contributed by atoms with E-state index in [0.29, 0.717) is 11.2 Å². The van der Waals surface area contributed by atoms with Crippen LogP contribution in [0.3, 0.4) is 0 Å². The number of nitrogens with one attached hydrogen (secondary N) is 1. The molecule has 5 nitrogen and oxygen atoms in total. The zero-order valence-corrected chi connectivity index (χ0v) is 10.8. The first-order valence-corrected chi connectivity index (χ1v) is 6.26. The SMILES string of the molecule is O=C(O)c1ccc2cccc(NCC(O)CCl)c2n1. The van der Waals surface area contributed by atoms with Crippen molar-refractivity contribution < 1.29 is 15.0 Å². The number of aromatic nitrogens is 1. The highest BCUT2D eigenvalue weighted by atomic mass is 35.5. The Hall–Kier alpha value is -1.85. The van der Waals surface area contributed by atoms with Gasteiger partial charge in [0.05, 0.1) is 23.2 Å². The molecular weight excluding hydrogens is 268 g/mol. The molecule has 1 atom stereocenters. The van der Waals surface area contributed by atoms with Gasteiger partial charge < -0.3 is 15.5 Å². The predicted molar refractivity (Wildman–Crippen MR) is 73.9 cm³/mol. The number of carbonyl (C=O) groups is 1. The lowest BCUT2D eigenvalue weighted by Gasteiger charge is -2.12. The average molecular weight is 281 g/mol. The number of aliphatic hydroxyl groups excluding tert-OH is 1. The number of carboxylic acid groups (broad SMARTS) is 1. The van der Waals surface area contributed by atoms with E-state index in [2.05, 4.69) is 10.3 Å². The van der Waals surface area contributed by atoms with Gasteiger partial charge in [-0.15, -0.1) is 11.6 Å². The summed E-state index contributed by atoms with van der Waals surface area (Å²) < 4.78 is 0. The van der Waals surface area contributed by atoms with Crippen molar-refractivity contribution in [3.63, 3.8) is 0 Å². The van der Waals surface area contributed by atoms with Gasteiger partial charge in [-0.25, -0.2) is 9.78 Å². The number of aromatic carboxylic acids is 1. The molecule has 2 rings (SSSR count). The van der Waals surface area contributed by atoms with E-state index in [1.165, 1.54) is 6.07 Å². The van der Waals surface area contributed by atoms with Gasteiger partial charge in [0.25, 0.3) is 0 Å². The van der Waals surface area contributed by atoms with Crippen LogP contribution in [0.25, 0.3) is 10.9 Å². The molecule has 1 aromatic heterocycles. The Morgan fingerprint density at radius 2 is 2.16 bits per heavy atom. The molecule has 19 heavy (non-hydrogen) atoms. The highest BCUT2D eigenvalue weighted by molar-refractivity contribution is 6.18. The summed E-state index contributed by atoms with van der Waals surface area (Å²) in [4.78, 5) is 15.0. The maximum Gasteiger partial charge on any atom is 0.354 e. The van der Waals surface area contributed by atoms with Crippen molar-refractivity contribution in [2.45, 2.75) is 6.10 Å². The van der Waals surface area contributed by atoms with Gasteiger partial charge in [-0.2, -0.15) is 0 Å². The first kappa shape index (κ1) is 13.6. The van der Waals surface area contributed by atoms with Crippen LogP contribution in [0.4, 0.5) is 5.69 Å². The fourth-order valence-electron chi connectivity index (χ4n) is 1.69. The second-order valence-electron chi connectivity index (χ2n) is 4.07. The van der Waals surface area contributed by atoms with Crippen molar-refractivity contribution in [1.29, 1.82) is 0 Å². The number of nitrogens with zero attached hydrogens (tertiary/aromatic N) is 1. The van der Waals surface area contributed by atoms with Crippen molar-refractivity contribution in [2.24, 2.45) is 0 Å². The van der Waals surface area contributed by atoms with Crippen LogP contribution in [0.1, 0.15) is 10.5 Å². The van der Waals surface area contributed by atoms with E-state index in [9.17, 15) is 9.90 Å². The summed E-state index contributed by atoms with van der Waals surface area (Å²) in [5.74, 6) is -0.941. The third-order valence-corrected chi connectivity index (χ3v) is 3.00. The summed E-state index contributed by atoms with van der Waals surface area (Å²) in [5, 5.41) is 22.2. The highest BCUT2D eigenvalue weighted by Gasteiger charge is 2.09. The monoisotopic (exact) mass is 280 g/mol. The van der Waals surface area contributed by atoms with Gasteiger partial charge in [-0.05, 0) is 12.1 Å². The number of alkyl halides is 1. The van der Waals surface area contributed by atoms with Crippen molar-refractivity contribution in [3.8, 4) is 0 Å². The lowest BCUT2D eigenvalue weighted by atomic mass is 10.1. The molecule has 2 aromatic rings. The van der Waals surface area contributed by atoms with E-state index in [0.717, 1.165) is 5.39 Å². The van der Waals surface area contributed by atoms with Gasteiger partial charge in [0, 0.05) is 11.9 Å². The molecular formula is C13H13ClN2O3. The van der Waals surface area contributed by atoms with Crippen LogP contribution in [0.5, 0.6) is 0 Å². The minimum atomic E-state index is -1.07. The topological polar surface area (TPSA) is 82.5 Å². The van der Waals surface area contributed by atoms with E-state index in [1.54, 1.807) is 12.1 Å². The molecule has 6 heteroatoms. The van der Waals surface area contributed by atoms with Crippen LogP contribution in [0.15, 0.2) is 30.3 Å². The number of anilines is 1. The smallest absolute Gasteiger partial charge is 0.354 e. The quantitative estimate of drug-likeness (QED) is 0.729. The Labute approximate surface area is 114 Å². The third kappa shape index (κ3) is 3.13. The van der Waals surface area contributed by atoms with Gasteiger partial charge in [0.1, 0.15) is 5.69 Å². The second-order valence-corrected chi connectivity index (χ2v) is 4.38. The molecule has 0 aliphatic heterocycles. The zero-order valence-electron chi connectivity index (χ0n) is 10.0. The molecule has 0 spiro atoms. The molecule has 3 N–H and O–H groups in total. The van der Waals surface area contributed by atoms with E-state index >= 15 is 0 Å². The molecule has 0 saturated heterocycles. The molecule has 0 aliphatic rings. The number of carboxylic acids is 1. The highest BCUT2D eigenvalue weighted by Crippen LogP contribution is 2.21. The van der Waals surface area contributed by atoms with Gasteiger partial charge in [0.15, 0.2) is 0 Å². The largest absolute Gasteiger partial charge is 0.477 e. The van der Waals surface area contributed by atoms with Gasteiger partial charge >= 0.3 is 5.97 Å². The number of rotatable bonds is 5. The minimum Gasteiger partial charge on any atom is -0.477 e. The van der Waals surface area contributed by atoms with E-state index in [-0.39, 0.29) is 18.1 Å². The standard InChI is InChI=1S/C13H13ClN2O3/c14-6-9(17)7-15-10-3-1-2-8-4-5-11(13(18)19)16-12(8)10/h1-5,9,15,17H,6-7H2,(H,18,19). The normalized spacial score (nSPS) is 12.3. The summed E-state index contributed by atoms with van der Waals surface area (Å²) in [5.41, 5.74) is 1.22. The Balaban J connectivity index is 2.37. The lowest BCUT2D eigenvalue weighted by Crippen LogP contribution is -2.21. The molecule has 0 saturated carbocycles. The fraction of sp³-hybridized carbons (Fsp3) is 0.231. The van der Waals surface area contributed by atoms with Gasteiger partial charge in [-0.3, -0.25) is 0 Å². The second kappa shape index (κ2) is 5.86. The molecule has 100 valence electrons. The van der Waals surface area contributed by atoms with Crippen molar-refractivity contribution in [1.82, 2.24) is 4.98 Å². The minimum absolute atomic E-state index is 0.0142. The van der Waals surface area contributed by atoms with E-state index < -0.39 is 12.1 Å². The Kier molecular flexibility index (Phi) is 4.19. The maximum atomic E-state index is 10.9. The molecule has 0 fully saturated rings. The Bertz CT molecular complexity index is 603. The number of para-hydroxylation sites is 1. The molecule has 1 heterocycles. The summed E-state index contributed by atoms with van der Waals surface area (Å²) in [6.07, 6.45) is -0.667. The zero-order chi connectivity index (χ0) is 13.8. The molecule has 0 bridgehead atoms. The number of hydrogen-bond donors (Lipinski definition) is 3. The predicted octanol–water partition coefficient (Wildman–Crippen LogP) is 1.94. The number of benzene rings is 1. The fourth-order valence-corrected chi connectivity index (χ4v) is 1.80. The number of pyridine rings is 1. The Morgan fingerprint density at radius 1 is 1.37 bits per heavy atom. The number of halogens is 1. The molecule has 0 amide bonds. The molecule has 0 aliphatic carbocycles. The molecule has 1 unspecified atom stereocenters. The van der Waals surface area contributed by atoms with Crippen LogP contribution in [-0.2, 0) is 0 Å². The number of aliphatic hydroxyl groups is 1. The summed E-state index contributed by atoms with van der Waals surface area (Å²) in [7, 11) is 0. The molecule has 0 radical (unpaired) electrons. The molecule has 1 aromatic carbocycles. The van der Waals surface area contributed by atoms with Crippen LogP contribution < -0.4 is 5.32 Å². The third-order valence-electron chi connectivity index (χ3n) is 2.65. The van der Waals surface area contributed by atoms with Crippen molar-refractivity contribution >= 4 is 34.2 Å². The van der Waals surface area contributed by atoms with E-state index in [1.807, 2.05) is 12.1 Å². The van der Waals surface area contributed by atoms with Gasteiger partial charge in [0.2, 0.25) is 0 Å². The summed E-state index contributed by atoms with van der Waals surface area (Å²) >= 11 is 5.52. The number of hydrogen-bond acceptors (Lipinski definition) is 4. The van der Waals surface area contributed by atoms with Crippen LogP contribution in [0, 0.1) is 0 Å². The Morgan fingerprint density at radius 3 is 2.84 bits per heavy atom. The first-order valence-electron chi connectivity index (χ1n) is 5.73. The van der Waals surface area contributed by atoms with Gasteiger partial charge in [-0.1, -0.05) is 18.2 Å². The maximum absolute atomic E-state index is 10.9. The first-order chi connectivity index (χ1) is 9.11. The lowest BCUT2D eigenvalue weighted by molar-refractivity contribution is 0.0691. The summed E-state index contributed by atoms with van der Waals surface area (Å²) in [6.45, 7) is 0.279. The van der Waals surface area contributed by atoms with Crippen molar-refractivity contribution in [2.75, 3.05) is 17.7 Å².